The summed E-state index contributed by atoms with van der Waals surface area (Å²) in [6.07, 6.45) is -4.31. The quantitative estimate of drug-likeness (QED) is 0.637. The lowest BCUT2D eigenvalue weighted by molar-refractivity contribution is -0.160. The number of alkyl halides is 3. The predicted molar refractivity (Wildman–Crippen MR) is 38.5 cm³/mol. The summed E-state index contributed by atoms with van der Waals surface area (Å²) in [7, 11) is 1.15. The van der Waals surface area contributed by atoms with Gasteiger partial charge in [-0.05, 0) is 0 Å². The standard InChI is InChI=1S/C7H12F3NO/c1-5(2)6(12)11(3)4-7(8,9)10/h5H,4H2,1-3H3. The molecule has 2 nitrogen and oxygen atoms in total. The minimum absolute atomic E-state index is 0.391. The first-order chi connectivity index (χ1) is 5.24. The molecule has 12 heavy (non-hydrogen) atoms. The average molecular weight is 183 g/mol. The molecule has 0 radical (unpaired) electrons. The second-order valence-corrected chi connectivity index (χ2v) is 2.96. The zero-order chi connectivity index (χ0) is 9.94. The van der Waals surface area contributed by atoms with Gasteiger partial charge in [-0.15, -0.1) is 0 Å². The Kier molecular flexibility index (Phi) is 3.55. The van der Waals surface area contributed by atoms with Crippen LogP contribution in [0.5, 0.6) is 0 Å². The summed E-state index contributed by atoms with van der Waals surface area (Å²) in [6, 6.07) is 0. The van der Waals surface area contributed by atoms with E-state index in [4.69, 9.17) is 0 Å². The second kappa shape index (κ2) is 3.78. The molecule has 0 unspecified atom stereocenters. The van der Waals surface area contributed by atoms with Crippen LogP contribution in [0.25, 0.3) is 0 Å². The van der Waals surface area contributed by atoms with Gasteiger partial charge in [0.05, 0.1) is 0 Å². The summed E-state index contributed by atoms with van der Waals surface area (Å²) in [5.74, 6) is -0.885. The maximum absolute atomic E-state index is 11.7. The molecule has 0 rings (SSSR count). The molecule has 0 aliphatic rings. The van der Waals surface area contributed by atoms with Gasteiger partial charge in [0.15, 0.2) is 0 Å². The molecule has 0 aromatic carbocycles. The summed E-state index contributed by atoms with van der Waals surface area (Å²) in [5, 5.41) is 0. The van der Waals surface area contributed by atoms with Crippen LogP contribution in [0.2, 0.25) is 0 Å². The fraction of sp³-hybridized carbons (Fsp3) is 0.857. The third-order valence-corrected chi connectivity index (χ3v) is 1.29. The third kappa shape index (κ3) is 4.20. The number of carbonyl (C=O) groups excluding carboxylic acids is 1. The summed E-state index contributed by atoms with van der Waals surface area (Å²) < 4.78 is 35.2. The van der Waals surface area contributed by atoms with Crippen LogP contribution in [0, 0.1) is 5.92 Å². The Bertz CT molecular complexity index is 165. The smallest absolute Gasteiger partial charge is 0.336 e. The molecule has 5 heteroatoms. The molecule has 0 bridgehead atoms. The lowest BCUT2D eigenvalue weighted by Crippen LogP contribution is -2.38. The van der Waals surface area contributed by atoms with E-state index >= 15 is 0 Å². The van der Waals surface area contributed by atoms with E-state index in [9.17, 15) is 18.0 Å². The number of carbonyl (C=O) groups is 1. The number of hydrogen-bond donors (Lipinski definition) is 0. The summed E-state index contributed by atoms with van der Waals surface area (Å²) in [4.78, 5) is 11.6. The van der Waals surface area contributed by atoms with Gasteiger partial charge in [0.25, 0.3) is 0 Å². The van der Waals surface area contributed by atoms with Gasteiger partial charge < -0.3 is 4.90 Å². The molecule has 0 spiro atoms. The topological polar surface area (TPSA) is 20.3 Å². The van der Waals surface area contributed by atoms with Gasteiger partial charge in [0, 0.05) is 13.0 Å². The molecule has 0 aromatic rings. The van der Waals surface area contributed by atoms with Gasteiger partial charge in [0.1, 0.15) is 6.54 Å². The highest BCUT2D eigenvalue weighted by molar-refractivity contribution is 5.77. The number of nitrogens with zero attached hydrogens (tertiary/aromatic N) is 1. The zero-order valence-corrected chi connectivity index (χ0v) is 7.27. The van der Waals surface area contributed by atoms with E-state index in [1.807, 2.05) is 0 Å². The Hall–Kier alpha value is -0.740. The zero-order valence-electron chi connectivity index (χ0n) is 7.27. The Morgan fingerprint density at radius 2 is 1.83 bits per heavy atom. The highest BCUT2D eigenvalue weighted by atomic mass is 19.4. The van der Waals surface area contributed by atoms with Crippen LogP contribution in [-0.2, 0) is 4.79 Å². The molecule has 0 aromatic heterocycles. The first kappa shape index (κ1) is 11.3. The van der Waals surface area contributed by atoms with Crippen molar-refractivity contribution in [1.29, 1.82) is 0 Å². The number of halogens is 3. The molecule has 1 amide bonds. The Labute approximate surface area is 69.3 Å². The second-order valence-electron chi connectivity index (χ2n) is 2.96. The van der Waals surface area contributed by atoms with Crippen molar-refractivity contribution in [3.8, 4) is 0 Å². The van der Waals surface area contributed by atoms with Gasteiger partial charge in [-0.25, -0.2) is 0 Å². The molecule has 0 aliphatic heterocycles. The van der Waals surface area contributed by atoms with Gasteiger partial charge in [-0.1, -0.05) is 13.8 Å². The molecular formula is C7H12F3NO. The van der Waals surface area contributed by atoms with Crippen LogP contribution in [0.15, 0.2) is 0 Å². The van der Waals surface area contributed by atoms with Crippen molar-refractivity contribution in [1.82, 2.24) is 4.90 Å². The van der Waals surface area contributed by atoms with Crippen molar-refractivity contribution in [2.24, 2.45) is 5.92 Å². The SMILES string of the molecule is CC(C)C(=O)N(C)CC(F)(F)F. The molecule has 0 saturated carbocycles. The van der Waals surface area contributed by atoms with Crippen LogP contribution in [0.1, 0.15) is 13.8 Å². The summed E-state index contributed by atoms with van der Waals surface area (Å²) in [5.41, 5.74) is 0. The van der Waals surface area contributed by atoms with Crippen LogP contribution in [-0.4, -0.2) is 30.6 Å². The number of hydrogen-bond acceptors (Lipinski definition) is 1. The summed E-state index contributed by atoms with van der Waals surface area (Å²) in [6.45, 7) is 1.95. The van der Waals surface area contributed by atoms with E-state index in [0.717, 1.165) is 7.05 Å². The Morgan fingerprint density at radius 1 is 1.42 bits per heavy atom. The van der Waals surface area contributed by atoms with Gasteiger partial charge >= 0.3 is 6.18 Å². The Morgan fingerprint density at radius 3 is 2.08 bits per heavy atom. The van der Waals surface area contributed by atoms with Crippen LogP contribution in [0.4, 0.5) is 13.2 Å². The minimum Gasteiger partial charge on any atom is -0.336 e. The lowest BCUT2D eigenvalue weighted by atomic mass is 10.2. The van der Waals surface area contributed by atoms with E-state index in [0.29, 0.717) is 4.90 Å². The lowest BCUT2D eigenvalue weighted by Gasteiger charge is -2.20. The van der Waals surface area contributed by atoms with E-state index < -0.39 is 24.5 Å². The van der Waals surface area contributed by atoms with Crippen molar-refractivity contribution in [2.45, 2.75) is 20.0 Å². The molecule has 72 valence electrons. The van der Waals surface area contributed by atoms with Crippen LogP contribution >= 0.6 is 0 Å². The van der Waals surface area contributed by atoms with E-state index in [1.54, 1.807) is 13.8 Å². The number of amides is 1. The molecular weight excluding hydrogens is 171 g/mol. The average Bonchev–Trinajstić information content (AvgIpc) is 1.82. The fourth-order valence-electron chi connectivity index (χ4n) is 0.788. The van der Waals surface area contributed by atoms with Crippen molar-refractivity contribution in [3.05, 3.63) is 0 Å². The largest absolute Gasteiger partial charge is 0.406 e. The highest BCUT2D eigenvalue weighted by Gasteiger charge is 2.31. The molecule has 0 saturated heterocycles. The van der Waals surface area contributed by atoms with Gasteiger partial charge in [0.2, 0.25) is 5.91 Å². The van der Waals surface area contributed by atoms with E-state index in [-0.39, 0.29) is 0 Å². The molecule has 0 heterocycles. The van der Waals surface area contributed by atoms with E-state index in [1.165, 1.54) is 0 Å². The highest BCUT2D eigenvalue weighted by Crippen LogP contribution is 2.16. The maximum atomic E-state index is 11.7. The van der Waals surface area contributed by atoms with Crippen LogP contribution < -0.4 is 0 Å². The van der Waals surface area contributed by atoms with Gasteiger partial charge in [-0.3, -0.25) is 4.79 Å². The van der Waals surface area contributed by atoms with Crippen molar-refractivity contribution in [2.75, 3.05) is 13.6 Å². The first-order valence-corrected chi connectivity index (χ1v) is 3.56. The van der Waals surface area contributed by atoms with Crippen molar-refractivity contribution < 1.29 is 18.0 Å². The Balaban J connectivity index is 4.05. The van der Waals surface area contributed by atoms with Crippen LogP contribution in [0.3, 0.4) is 0 Å². The molecule has 0 N–H and O–H groups in total. The predicted octanol–water partition coefficient (Wildman–Crippen LogP) is 1.66. The van der Waals surface area contributed by atoms with Gasteiger partial charge in [-0.2, -0.15) is 13.2 Å². The fourth-order valence-corrected chi connectivity index (χ4v) is 0.788. The molecule has 0 atom stereocenters. The van der Waals surface area contributed by atoms with Crippen molar-refractivity contribution >= 4 is 5.91 Å². The first-order valence-electron chi connectivity index (χ1n) is 3.56. The summed E-state index contributed by atoms with van der Waals surface area (Å²) >= 11 is 0. The maximum Gasteiger partial charge on any atom is 0.406 e. The monoisotopic (exact) mass is 183 g/mol. The minimum atomic E-state index is -4.31. The molecule has 0 fully saturated rings. The molecule has 0 aliphatic carbocycles. The normalized spacial score (nSPS) is 11.9. The van der Waals surface area contributed by atoms with Crippen molar-refractivity contribution in [3.63, 3.8) is 0 Å². The number of rotatable bonds is 2. The third-order valence-electron chi connectivity index (χ3n) is 1.29. The van der Waals surface area contributed by atoms with E-state index in [2.05, 4.69) is 0 Å².